The molecular weight excluding hydrogens is 235 g/mol. The van der Waals surface area contributed by atoms with Crippen LogP contribution in [0.3, 0.4) is 0 Å². The average Bonchev–Trinajstić information content (AvgIpc) is 1.76. The van der Waals surface area contributed by atoms with Crippen molar-refractivity contribution in [2.75, 3.05) is 0 Å². The van der Waals surface area contributed by atoms with Crippen LogP contribution < -0.4 is 0 Å². The summed E-state index contributed by atoms with van der Waals surface area (Å²) in [5.41, 5.74) is 0. The topological polar surface area (TPSA) is 118 Å². The second-order valence-corrected chi connectivity index (χ2v) is 2.92. The van der Waals surface area contributed by atoms with Crippen LogP contribution in [0.5, 0.6) is 0 Å². The van der Waals surface area contributed by atoms with Crippen LogP contribution in [0.1, 0.15) is 13.8 Å². The summed E-state index contributed by atoms with van der Waals surface area (Å²) in [6.45, 7) is 2.61. The molecule has 0 rings (SSSR count). The zero-order chi connectivity index (χ0) is 12.6. The van der Waals surface area contributed by atoms with Gasteiger partial charge in [-0.15, -0.1) is 0 Å². The highest BCUT2D eigenvalue weighted by Gasteiger charge is 1.97. The zero-order valence-corrected chi connectivity index (χ0v) is 8.62. The molecule has 0 bridgehead atoms. The first-order valence-corrected chi connectivity index (χ1v) is 4.63. The third kappa shape index (κ3) is 32.6. The van der Waals surface area contributed by atoms with Crippen molar-refractivity contribution in [3.8, 4) is 0 Å². The average molecular weight is 244 g/mol. The molecule has 0 unspecified atom stereocenters. The largest absolute Gasteiger partial charge is 0.478 e. The molecule has 0 aromatic carbocycles. The quantitative estimate of drug-likeness (QED) is 0.236. The number of carbonyl (C=O) groups excluding carboxylic acids is 1. The fourth-order valence-electron chi connectivity index (χ4n) is 0.430. The summed E-state index contributed by atoms with van der Waals surface area (Å²) in [5.74, 6) is -1.56. The molecule has 0 amide bonds. The first-order chi connectivity index (χ1) is 6.52. The van der Waals surface area contributed by atoms with Crippen LogP contribution in [0.25, 0.3) is 0 Å². The van der Waals surface area contributed by atoms with Gasteiger partial charge in [0, 0.05) is 6.92 Å². The van der Waals surface area contributed by atoms with E-state index in [4.69, 9.17) is 18.1 Å². The first kappa shape index (κ1) is 16.0. The van der Waals surface area contributed by atoms with Crippen molar-refractivity contribution in [2.45, 2.75) is 13.8 Å². The van der Waals surface area contributed by atoms with Crippen LogP contribution in [0.4, 0.5) is 3.89 Å². The Hall–Kier alpha value is -1.48. The first-order valence-electron chi connectivity index (χ1n) is 3.29. The second-order valence-electron chi connectivity index (χ2n) is 2.10. The summed E-state index contributed by atoms with van der Waals surface area (Å²) >= 11 is 0. The van der Waals surface area contributed by atoms with E-state index in [0.717, 1.165) is 6.08 Å². The van der Waals surface area contributed by atoms with Gasteiger partial charge in [-0.1, -0.05) is 3.89 Å². The smallest absolute Gasteiger partial charge is 0.435 e. The number of ether oxygens (including phenoxy) is 1. The summed E-state index contributed by atoms with van der Waals surface area (Å²) in [4.78, 5) is 20.1. The van der Waals surface area contributed by atoms with Crippen LogP contribution in [0.15, 0.2) is 11.8 Å². The van der Waals surface area contributed by atoms with Gasteiger partial charge in [-0.25, -0.2) is 4.79 Å². The molecule has 0 atom stereocenters. The Morgan fingerprint density at radius 3 is 1.87 bits per heavy atom. The number of esters is 1. The minimum absolute atomic E-state index is 0.0833. The molecule has 0 radical (unpaired) electrons. The van der Waals surface area contributed by atoms with Crippen LogP contribution in [0, 0.1) is 0 Å². The fraction of sp³-hybridized carbons (Fsp3) is 0.333. The number of carboxylic acids is 1. The van der Waals surface area contributed by atoms with E-state index in [-0.39, 0.29) is 5.76 Å². The van der Waals surface area contributed by atoms with Crippen molar-refractivity contribution in [1.82, 2.24) is 0 Å². The second kappa shape index (κ2) is 6.90. The van der Waals surface area contributed by atoms with Gasteiger partial charge in [0.15, 0.2) is 0 Å². The Morgan fingerprint density at radius 2 is 1.67 bits per heavy atom. The molecule has 0 fully saturated rings. The van der Waals surface area contributed by atoms with E-state index in [1.807, 2.05) is 0 Å². The molecule has 0 aliphatic heterocycles. The molecule has 0 aromatic rings. The molecule has 88 valence electrons. The lowest BCUT2D eigenvalue weighted by Crippen LogP contribution is -1.98. The highest BCUT2D eigenvalue weighted by atomic mass is 32.3. The maximum absolute atomic E-state index is 10.2. The van der Waals surface area contributed by atoms with Gasteiger partial charge in [0.2, 0.25) is 0 Å². The molecular formula is C6H9FO7S. The van der Waals surface area contributed by atoms with Gasteiger partial charge >= 0.3 is 22.4 Å². The zero-order valence-electron chi connectivity index (χ0n) is 7.80. The van der Waals surface area contributed by atoms with Gasteiger partial charge in [-0.3, -0.25) is 9.35 Å². The molecule has 0 saturated heterocycles. The van der Waals surface area contributed by atoms with E-state index >= 15 is 0 Å². The summed E-state index contributed by atoms with van der Waals surface area (Å²) in [6, 6.07) is 0. The Bertz CT molecular complexity index is 348. The van der Waals surface area contributed by atoms with E-state index in [9.17, 15) is 13.5 Å². The maximum Gasteiger partial charge on any atom is 0.435 e. The third-order valence-corrected chi connectivity index (χ3v) is 0.631. The summed E-state index contributed by atoms with van der Waals surface area (Å²) in [7, 11) is -5.17. The van der Waals surface area contributed by atoms with Crippen LogP contribution in [-0.4, -0.2) is 30.0 Å². The summed E-state index contributed by atoms with van der Waals surface area (Å²) in [6.07, 6.45) is 0.821. The minimum Gasteiger partial charge on any atom is -0.478 e. The number of allylic oxidation sites excluding steroid dienone is 1. The predicted octanol–water partition coefficient (Wildman–Crippen LogP) is 0.297. The highest BCUT2D eigenvalue weighted by molar-refractivity contribution is 7.80. The predicted molar refractivity (Wildman–Crippen MR) is 45.8 cm³/mol. The molecule has 0 spiro atoms. The molecule has 9 heteroatoms. The number of rotatable bonds is 2. The molecule has 0 aliphatic rings. The Balaban J connectivity index is 0. The molecule has 7 nitrogen and oxygen atoms in total. The number of carboxylic acid groups (broad SMARTS) is 1. The van der Waals surface area contributed by atoms with Crippen LogP contribution >= 0.6 is 0 Å². The van der Waals surface area contributed by atoms with Crippen molar-refractivity contribution < 1.29 is 36.3 Å². The van der Waals surface area contributed by atoms with Gasteiger partial charge in [-0.05, 0) is 6.92 Å². The van der Waals surface area contributed by atoms with Crippen molar-refractivity contribution >= 4 is 22.4 Å². The lowest BCUT2D eigenvalue weighted by molar-refractivity contribution is -0.137. The van der Waals surface area contributed by atoms with E-state index in [0.29, 0.717) is 0 Å². The molecule has 0 heterocycles. The Morgan fingerprint density at radius 1 is 1.33 bits per heavy atom. The van der Waals surface area contributed by atoms with Gasteiger partial charge < -0.3 is 9.84 Å². The van der Waals surface area contributed by atoms with E-state index in [1.165, 1.54) is 13.8 Å². The minimum atomic E-state index is -5.17. The normalized spacial score (nSPS) is 11.1. The molecule has 15 heavy (non-hydrogen) atoms. The number of halogens is 1. The summed E-state index contributed by atoms with van der Waals surface area (Å²) in [5, 5.41) is 8.13. The standard InChI is InChI=1S/C6H8O4.FHO3S/c1-4(3-6(8)9)10-5(2)7;1-5(2,3)4/h3H,1-2H3,(H,8,9);(H,2,3,4)/b4-3-;. The summed E-state index contributed by atoms with van der Waals surface area (Å²) < 4.78 is 38.5. The monoisotopic (exact) mass is 244 g/mol. The molecule has 2 N–H and O–H groups in total. The van der Waals surface area contributed by atoms with Crippen molar-refractivity contribution in [2.24, 2.45) is 0 Å². The highest BCUT2D eigenvalue weighted by Crippen LogP contribution is 1.94. The van der Waals surface area contributed by atoms with Gasteiger partial charge in [0.1, 0.15) is 5.76 Å². The molecule has 0 saturated carbocycles. The van der Waals surface area contributed by atoms with Crippen LogP contribution in [0.2, 0.25) is 0 Å². The Kier molecular flexibility index (Phi) is 7.34. The van der Waals surface area contributed by atoms with Gasteiger partial charge in [0.05, 0.1) is 6.08 Å². The van der Waals surface area contributed by atoms with Gasteiger partial charge in [0.25, 0.3) is 0 Å². The number of carbonyl (C=O) groups is 2. The number of aliphatic carboxylic acids is 1. The lowest BCUT2D eigenvalue weighted by Gasteiger charge is -1.96. The molecule has 0 aliphatic carbocycles. The SMILES string of the molecule is CC(=O)O/C(C)=C\C(=O)O.O=S(=O)(O)F. The number of hydrogen-bond acceptors (Lipinski definition) is 5. The molecule has 0 aromatic heterocycles. The van der Waals surface area contributed by atoms with Crippen LogP contribution in [-0.2, 0) is 24.8 Å². The lowest BCUT2D eigenvalue weighted by atomic mass is 10.5. The van der Waals surface area contributed by atoms with E-state index < -0.39 is 22.4 Å². The van der Waals surface area contributed by atoms with Crippen molar-refractivity contribution in [3.63, 3.8) is 0 Å². The third-order valence-electron chi connectivity index (χ3n) is 0.631. The number of hydrogen-bond donors (Lipinski definition) is 2. The van der Waals surface area contributed by atoms with Crippen molar-refractivity contribution in [1.29, 1.82) is 0 Å². The van der Waals surface area contributed by atoms with E-state index in [2.05, 4.69) is 4.74 Å². The fourth-order valence-corrected chi connectivity index (χ4v) is 0.430. The van der Waals surface area contributed by atoms with Gasteiger partial charge in [-0.2, -0.15) is 8.42 Å². The maximum atomic E-state index is 10.2. The Labute approximate surface area is 85.2 Å². The van der Waals surface area contributed by atoms with E-state index in [1.54, 1.807) is 0 Å². The van der Waals surface area contributed by atoms with Crippen molar-refractivity contribution in [3.05, 3.63) is 11.8 Å².